The van der Waals surface area contributed by atoms with E-state index in [-0.39, 0.29) is 0 Å². The van der Waals surface area contributed by atoms with Gasteiger partial charge in [0.15, 0.2) is 0 Å². The average Bonchev–Trinajstić information content (AvgIpc) is 3.48. The maximum absolute atomic E-state index is 2.37. The molecule has 0 radical (unpaired) electrons. The summed E-state index contributed by atoms with van der Waals surface area (Å²) in [4.78, 5) is 2.37. The molecule has 1 aromatic heterocycles. The Morgan fingerprint density at radius 2 is 1.00 bits per heavy atom. The molecule has 2 nitrogen and oxygen atoms in total. The van der Waals surface area contributed by atoms with Crippen molar-refractivity contribution < 1.29 is 0 Å². The molecule has 0 unspecified atom stereocenters. The number of aromatic nitrogens is 1. The molecule has 1 heterocycles. The highest BCUT2D eigenvalue weighted by Gasteiger charge is 2.20. The average molecular weight is 681 g/mol. The highest BCUT2D eigenvalue weighted by molar-refractivity contribution is 6.21. The summed E-state index contributed by atoms with van der Waals surface area (Å²) >= 11 is 0. The van der Waals surface area contributed by atoms with Gasteiger partial charge in [-0.05, 0) is 119 Å². The van der Waals surface area contributed by atoms with Gasteiger partial charge >= 0.3 is 0 Å². The van der Waals surface area contributed by atoms with Gasteiger partial charge in [-0.25, -0.2) is 0 Å². The summed E-state index contributed by atoms with van der Waals surface area (Å²) in [5.74, 6) is 0. The number of hydrogen-bond donors (Lipinski definition) is 0. The second-order valence-electron chi connectivity index (χ2n) is 13.8. The summed E-state index contributed by atoms with van der Waals surface area (Å²) in [6.07, 6.45) is 4.38. The first-order chi connectivity index (χ1) is 26.1. The van der Waals surface area contributed by atoms with E-state index in [9.17, 15) is 0 Å². The smallest absolute Gasteiger partial charge is 0.0539 e. The zero-order chi connectivity index (χ0) is 35.9. The van der Waals surface area contributed by atoms with Crippen LogP contribution in [-0.2, 0) is 0 Å². The quantitative estimate of drug-likeness (QED) is 0.152. The van der Waals surface area contributed by atoms with E-state index in [0.717, 1.165) is 17.1 Å². The summed E-state index contributed by atoms with van der Waals surface area (Å²) in [6, 6.07) is 64.0. The summed E-state index contributed by atoms with van der Waals surface area (Å²) in [5, 5.41) is 6.30. The standard InChI is InChI=1S/C51H40N2/c1-4-16-43-36(3)52(39-19-10-6-11-20-39)49-32-30-42(34-47(43)49)53(40-21-12-7-13-22-40)41-28-26-38(27-29-41)51-45-24-15-14-23-44(45)50(37-17-8-5-9-18-37)46-31-25-35(2)33-48(46)51/h4-34H,1-3H3/b16-4-. The third-order valence-corrected chi connectivity index (χ3v) is 10.5. The van der Waals surface area contributed by atoms with Gasteiger partial charge in [0.25, 0.3) is 0 Å². The number of allylic oxidation sites excluding steroid dienone is 1. The van der Waals surface area contributed by atoms with Crippen LogP contribution in [0.15, 0.2) is 182 Å². The molecule has 53 heavy (non-hydrogen) atoms. The summed E-state index contributed by atoms with van der Waals surface area (Å²) < 4.78 is 2.37. The van der Waals surface area contributed by atoms with E-state index in [2.05, 4.69) is 218 Å². The molecule has 0 N–H and O–H groups in total. The van der Waals surface area contributed by atoms with Crippen LogP contribution >= 0.6 is 0 Å². The number of anilines is 3. The lowest BCUT2D eigenvalue weighted by Gasteiger charge is -2.26. The second kappa shape index (κ2) is 13.5. The minimum absolute atomic E-state index is 1.11. The first-order valence-corrected chi connectivity index (χ1v) is 18.4. The van der Waals surface area contributed by atoms with Gasteiger partial charge in [0.2, 0.25) is 0 Å². The topological polar surface area (TPSA) is 8.17 Å². The SMILES string of the molecule is C/C=C\c1c(C)n(-c2ccccc2)c2ccc(N(c3ccccc3)c3ccc(-c4c5ccccc5c(-c5ccccc5)c5ccc(C)cc45)cc3)cc12. The van der Waals surface area contributed by atoms with Crippen LogP contribution in [0.2, 0.25) is 0 Å². The largest absolute Gasteiger partial charge is 0.313 e. The van der Waals surface area contributed by atoms with Crippen LogP contribution in [0.4, 0.5) is 17.1 Å². The van der Waals surface area contributed by atoms with Gasteiger partial charge in [0, 0.05) is 39.4 Å². The van der Waals surface area contributed by atoms with Crippen LogP contribution in [0.3, 0.4) is 0 Å². The Morgan fingerprint density at radius 1 is 0.453 bits per heavy atom. The van der Waals surface area contributed by atoms with Gasteiger partial charge in [-0.15, -0.1) is 0 Å². The lowest BCUT2D eigenvalue weighted by molar-refractivity contribution is 1.05. The van der Waals surface area contributed by atoms with E-state index < -0.39 is 0 Å². The van der Waals surface area contributed by atoms with Crippen molar-refractivity contribution in [2.24, 2.45) is 0 Å². The molecule has 0 aliphatic carbocycles. The minimum Gasteiger partial charge on any atom is -0.313 e. The molecule has 0 amide bonds. The number of aryl methyl sites for hydroxylation is 1. The molecule has 0 atom stereocenters. The molecular formula is C51H40N2. The van der Waals surface area contributed by atoms with Crippen molar-refractivity contribution in [3.05, 3.63) is 199 Å². The van der Waals surface area contributed by atoms with E-state index in [0.29, 0.717) is 0 Å². The van der Waals surface area contributed by atoms with Crippen molar-refractivity contribution in [1.82, 2.24) is 4.57 Å². The summed E-state index contributed by atoms with van der Waals surface area (Å²) in [6.45, 7) is 6.50. The molecule has 9 rings (SSSR count). The molecule has 0 aliphatic rings. The predicted octanol–water partition coefficient (Wildman–Crippen LogP) is 14.4. The molecule has 0 saturated carbocycles. The van der Waals surface area contributed by atoms with Gasteiger partial charge in [-0.2, -0.15) is 0 Å². The molecule has 0 bridgehead atoms. The third kappa shape index (κ3) is 5.60. The monoisotopic (exact) mass is 680 g/mol. The molecule has 0 aliphatic heterocycles. The number of fused-ring (bicyclic) bond motifs is 3. The van der Waals surface area contributed by atoms with Crippen molar-refractivity contribution >= 4 is 55.6 Å². The molecule has 0 saturated heterocycles. The van der Waals surface area contributed by atoms with Gasteiger partial charge < -0.3 is 9.47 Å². The second-order valence-corrected chi connectivity index (χ2v) is 13.8. The van der Waals surface area contributed by atoms with Crippen LogP contribution in [0, 0.1) is 13.8 Å². The van der Waals surface area contributed by atoms with Crippen molar-refractivity contribution in [1.29, 1.82) is 0 Å². The normalized spacial score (nSPS) is 11.6. The number of para-hydroxylation sites is 2. The lowest BCUT2D eigenvalue weighted by atomic mass is 9.85. The van der Waals surface area contributed by atoms with E-state index >= 15 is 0 Å². The summed E-state index contributed by atoms with van der Waals surface area (Å²) in [7, 11) is 0. The zero-order valence-corrected chi connectivity index (χ0v) is 30.3. The molecular weight excluding hydrogens is 641 g/mol. The highest BCUT2D eigenvalue weighted by atomic mass is 15.1. The van der Waals surface area contributed by atoms with Crippen molar-refractivity contribution in [2.75, 3.05) is 4.90 Å². The fourth-order valence-corrected chi connectivity index (χ4v) is 8.18. The Labute approximate surface area is 311 Å². The summed E-state index contributed by atoms with van der Waals surface area (Å²) in [5.41, 5.74) is 14.4. The van der Waals surface area contributed by atoms with Crippen LogP contribution in [0.5, 0.6) is 0 Å². The van der Waals surface area contributed by atoms with Gasteiger partial charge in [0.1, 0.15) is 0 Å². The number of nitrogens with zero attached hydrogens (tertiary/aromatic N) is 2. The predicted molar refractivity (Wildman–Crippen MR) is 228 cm³/mol. The molecule has 254 valence electrons. The van der Waals surface area contributed by atoms with Crippen LogP contribution in [-0.4, -0.2) is 4.57 Å². The molecule has 9 aromatic rings. The third-order valence-electron chi connectivity index (χ3n) is 10.5. The fourth-order valence-electron chi connectivity index (χ4n) is 8.18. The van der Waals surface area contributed by atoms with E-state index in [1.165, 1.54) is 77.2 Å². The Bertz CT molecular complexity index is 2770. The first-order valence-electron chi connectivity index (χ1n) is 18.4. The minimum atomic E-state index is 1.11. The van der Waals surface area contributed by atoms with Crippen molar-refractivity contribution in [3.8, 4) is 27.9 Å². The maximum atomic E-state index is 2.37. The molecule has 0 fully saturated rings. The zero-order valence-electron chi connectivity index (χ0n) is 30.3. The van der Waals surface area contributed by atoms with Crippen molar-refractivity contribution in [3.63, 3.8) is 0 Å². The molecule has 0 spiro atoms. The Balaban J connectivity index is 1.22. The number of rotatable bonds is 7. The van der Waals surface area contributed by atoms with E-state index in [1.807, 2.05) is 0 Å². The van der Waals surface area contributed by atoms with Gasteiger partial charge in [-0.3, -0.25) is 0 Å². The van der Waals surface area contributed by atoms with Gasteiger partial charge in [0.05, 0.1) is 5.52 Å². The first kappa shape index (κ1) is 32.3. The maximum Gasteiger partial charge on any atom is 0.0539 e. The number of hydrogen-bond acceptors (Lipinski definition) is 1. The van der Waals surface area contributed by atoms with E-state index in [4.69, 9.17) is 0 Å². The van der Waals surface area contributed by atoms with E-state index in [1.54, 1.807) is 0 Å². The Kier molecular flexibility index (Phi) is 8.21. The number of benzene rings is 8. The lowest BCUT2D eigenvalue weighted by Crippen LogP contribution is -2.09. The highest BCUT2D eigenvalue weighted by Crippen LogP contribution is 2.45. The fraction of sp³-hybridized carbons (Fsp3) is 0.0588. The van der Waals surface area contributed by atoms with Gasteiger partial charge in [-0.1, -0.05) is 139 Å². The van der Waals surface area contributed by atoms with Crippen molar-refractivity contribution in [2.45, 2.75) is 20.8 Å². The van der Waals surface area contributed by atoms with Crippen LogP contribution in [0.1, 0.15) is 23.7 Å². The van der Waals surface area contributed by atoms with Crippen LogP contribution < -0.4 is 4.90 Å². The Morgan fingerprint density at radius 3 is 1.68 bits per heavy atom. The molecule has 2 heteroatoms. The molecule has 8 aromatic carbocycles. The van der Waals surface area contributed by atoms with Crippen LogP contribution in [0.25, 0.3) is 66.5 Å². The Hall–Kier alpha value is -6.64.